The molecule has 2 aliphatic rings. The van der Waals surface area contributed by atoms with Crippen LogP contribution in [0, 0.1) is 0 Å². The molecule has 1 fully saturated rings. The lowest BCUT2D eigenvalue weighted by Gasteiger charge is -2.21. The van der Waals surface area contributed by atoms with Crippen LogP contribution in [0.1, 0.15) is 29.7 Å². The van der Waals surface area contributed by atoms with Gasteiger partial charge >= 0.3 is 0 Å². The SMILES string of the molecule is C=C(Nc1ccc(Cc2ccccc2)nc1)C1(c2ccc3c(c2)OCO3)CC1. The van der Waals surface area contributed by atoms with Crippen molar-refractivity contribution in [3.8, 4) is 11.5 Å². The molecule has 0 bridgehead atoms. The van der Waals surface area contributed by atoms with Gasteiger partial charge in [0.15, 0.2) is 11.5 Å². The third kappa shape index (κ3) is 3.11. The van der Waals surface area contributed by atoms with E-state index in [4.69, 9.17) is 9.47 Å². The molecule has 1 aliphatic carbocycles. The minimum Gasteiger partial charge on any atom is -0.454 e. The van der Waals surface area contributed by atoms with Crippen LogP contribution in [0.2, 0.25) is 0 Å². The maximum atomic E-state index is 5.54. The number of pyridine rings is 1. The van der Waals surface area contributed by atoms with Crippen LogP contribution in [0.15, 0.2) is 79.1 Å². The number of aromatic nitrogens is 1. The van der Waals surface area contributed by atoms with Crippen molar-refractivity contribution in [1.82, 2.24) is 4.98 Å². The smallest absolute Gasteiger partial charge is 0.231 e. The first kappa shape index (κ1) is 16.9. The monoisotopic (exact) mass is 370 g/mol. The van der Waals surface area contributed by atoms with Gasteiger partial charge in [-0.25, -0.2) is 0 Å². The average molecular weight is 370 g/mol. The lowest BCUT2D eigenvalue weighted by atomic mass is 9.92. The third-order valence-corrected chi connectivity index (χ3v) is 5.60. The van der Waals surface area contributed by atoms with Gasteiger partial charge in [-0.2, -0.15) is 0 Å². The minimum absolute atomic E-state index is 0.0380. The number of fused-ring (bicyclic) bond motifs is 1. The molecule has 2 heterocycles. The Morgan fingerprint density at radius 2 is 1.82 bits per heavy atom. The number of benzene rings is 2. The van der Waals surface area contributed by atoms with E-state index in [-0.39, 0.29) is 5.41 Å². The molecule has 5 rings (SSSR count). The van der Waals surface area contributed by atoms with Gasteiger partial charge in [-0.1, -0.05) is 43.0 Å². The van der Waals surface area contributed by atoms with Crippen molar-refractivity contribution in [3.05, 3.63) is 96.0 Å². The highest BCUT2D eigenvalue weighted by atomic mass is 16.7. The molecule has 2 aromatic carbocycles. The van der Waals surface area contributed by atoms with E-state index in [1.54, 1.807) is 0 Å². The molecule has 0 radical (unpaired) electrons. The van der Waals surface area contributed by atoms with Gasteiger partial charge in [0.2, 0.25) is 6.79 Å². The molecule has 0 atom stereocenters. The van der Waals surface area contributed by atoms with E-state index in [0.29, 0.717) is 6.79 Å². The Morgan fingerprint density at radius 1 is 1.00 bits per heavy atom. The van der Waals surface area contributed by atoms with E-state index >= 15 is 0 Å². The standard InChI is InChI=1S/C24H22N2O2/c1-17(24(11-12-24)19-7-10-22-23(14-19)28-16-27-22)26-21-9-8-20(25-15-21)13-18-5-3-2-4-6-18/h2-10,14-15,26H,1,11-13,16H2. The van der Waals surface area contributed by atoms with Crippen LogP contribution < -0.4 is 14.8 Å². The Bertz CT molecular complexity index is 1010. The number of allylic oxidation sites excluding steroid dienone is 1. The zero-order valence-electron chi connectivity index (χ0n) is 15.7. The average Bonchev–Trinajstić information content (AvgIpc) is 3.41. The van der Waals surface area contributed by atoms with Gasteiger partial charge < -0.3 is 14.8 Å². The molecule has 4 heteroatoms. The predicted molar refractivity (Wildman–Crippen MR) is 110 cm³/mol. The Kier molecular flexibility index (Phi) is 4.05. The first-order chi connectivity index (χ1) is 13.7. The maximum Gasteiger partial charge on any atom is 0.231 e. The van der Waals surface area contributed by atoms with Gasteiger partial charge in [0, 0.05) is 23.2 Å². The second kappa shape index (κ2) is 6.71. The maximum absolute atomic E-state index is 5.54. The zero-order valence-corrected chi connectivity index (χ0v) is 15.7. The molecular formula is C24H22N2O2. The van der Waals surface area contributed by atoms with E-state index in [2.05, 4.69) is 65.4 Å². The minimum atomic E-state index is -0.0380. The molecule has 0 unspecified atom stereocenters. The van der Waals surface area contributed by atoms with E-state index in [1.807, 2.05) is 18.3 Å². The van der Waals surface area contributed by atoms with Crippen molar-refractivity contribution >= 4 is 5.69 Å². The van der Waals surface area contributed by atoms with Crippen molar-refractivity contribution in [1.29, 1.82) is 0 Å². The Labute approximate surface area is 164 Å². The molecule has 28 heavy (non-hydrogen) atoms. The van der Waals surface area contributed by atoms with E-state index in [0.717, 1.165) is 47.8 Å². The summed E-state index contributed by atoms with van der Waals surface area (Å²) in [5.74, 6) is 1.64. The van der Waals surface area contributed by atoms with Crippen LogP contribution in [0.3, 0.4) is 0 Å². The quantitative estimate of drug-likeness (QED) is 0.659. The second-order valence-corrected chi connectivity index (χ2v) is 7.45. The van der Waals surface area contributed by atoms with Crippen LogP contribution in [-0.2, 0) is 11.8 Å². The fourth-order valence-corrected chi connectivity index (χ4v) is 3.79. The van der Waals surface area contributed by atoms with Crippen LogP contribution in [0.4, 0.5) is 5.69 Å². The summed E-state index contributed by atoms with van der Waals surface area (Å²) in [5.41, 5.74) is 5.48. The molecule has 3 aromatic rings. The van der Waals surface area contributed by atoms with E-state index in [9.17, 15) is 0 Å². The summed E-state index contributed by atoms with van der Waals surface area (Å²) < 4.78 is 11.0. The van der Waals surface area contributed by atoms with Gasteiger partial charge in [-0.05, 0) is 48.2 Å². The number of nitrogens with one attached hydrogen (secondary N) is 1. The van der Waals surface area contributed by atoms with Crippen LogP contribution in [-0.4, -0.2) is 11.8 Å². The van der Waals surface area contributed by atoms with Crippen molar-refractivity contribution in [3.63, 3.8) is 0 Å². The van der Waals surface area contributed by atoms with Gasteiger partial charge in [0.05, 0.1) is 11.9 Å². The summed E-state index contributed by atoms with van der Waals surface area (Å²) in [4.78, 5) is 4.61. The summed E-state index contributed by atoms with van der Waals surface area (Å²) in [5, 5.41) is 3.47. The Morgan fingerprint density at radius 3 is 2.57 bits per heavy atom. The summed E-state index contributed by atoms with van der Waals surface area (Å²) in [6.45, 7) is 4.63. The first-order valence-corrected chi connectivity index (χ1v) is 9.58. The highest BCUT2D eigenvalue weighted by molar-refractivity contribution is 5.56. The molecule has 0 amide bonds. The number of nitrogens with zero attached hydrogens (tertiary/aromatic N) is 1. The van der Waals surface area contributed by atoms with E-state index in [1.165, 1.54) is 11.1 Å². The highest BCUT2D eigenvalue weighted by Gasteiger charge is 2.47. The fraction of sp³-hybridized carbons (Fsp3) is 0.208. The van der Waals surface area contributed by atoms with Crippen molar-refractivity contribution < 1.29 is 9.47 Å². The summed E-state index contributed by atoms with van der Waals surface area (Å²) in [6.07, 6.45) is 4.89. The first-order valence-electron chi connectivity index (χ1n) is 9.58. The number of anilines is 1. The highest BCUT2D eigenvalue weighted by Crippen LogP contribution is 2.54. The van der Waals surface area contributed by atoms with Gasteiger partial charge in [-0.3, -0.25) is 4.98 Å². The molecular weight excluding hydrogens is 348 g/mol. The number of rotatable bonds is 6. The van der Waals surface area contributed by atoms with Crippen molar-refractivity contribution in [2.24, 2.45) is 0 Å². The lowest BCUT2D eigenvalue weighted by Crippen LogP contribution is -2.16. The Balaban J connectivity index is 1.29. The lowest BCUT2D eigenvalue weighted by molar-refractivity contribution is 0.174. The number of hydrogen-bond acceptors (Lipinski definition) is 4. The largest absolute Gasteiger partial charge is 0.454 e. The van der Waals surface area contributed by atoms with Gasteiger partial charge in [-0.15, -0.1) is 0 Å². The van der Waals surface area contributed by atoms with Gasteiger partial charge in [0.25, 0.3) is 0 Å². The Hall–Kier alpha value is -3.27. The molecule has 1 saturated carbocycles. The normalized spacial score (nSPS) is 15.9. The van der Waals surface area contributed by atoms with Crippen LogP contribution in [0.5, 0.6) is 11.5 Å². The number of hydrogen-bond donors (Lipinski definition) is 1. The summed E-state index contributed by atoms with van der Waals surface area (Å²) in [7, 11) is 0. The molecule has 0 saturated heterocycles. The van der Waals surface area contributed by atoms with Crippen molar-refractivity contribution in [2.45, 2.75) is 24.7 Å². The second-order valence-electron chi connectivity index (χ2n) is 7.45. The van der Waals surface area contributed by atoms with E-state index < -0.39 is 0 Å². The van der Waals surface area contributed by atoms with Crippen molar-refractivity contribution in [2.75, 3.05) is 12.1 Å². The van der Waals surface area contributed by atoms with Gasteiger partial charge in [0.1, 0.15) is 0 Å². The number of ether oxygens (including phenoxy) is 2. The van der Waals surface area contributed by atoms with Crippen LogP contribution >= 0.6 is 0 Å². The fourth-order valence-electron chi connectivity index (χ4n) is 3.79. The summed E-state index contributed by atoms with van der Waals surface area (Å²) >= 11 is 0. The predicted octanol–water partition coefficient (Wildman–Crippen LogP) is 5.06. The molecule has 1 aromatic heterocycles. The topological polar surface area (TPSA) is 43.4 Å². The summed E-state index contributed by atoms with van der Waals surface area (Å²) in [6, 6.07) is 20.7. The molecule has 1 N–H and O–H groups in total. The molecule has 4 nitrogen and oxygen atoms in total. The van der Waals surface area contributed by atoms with Crippen LogP contribution in [0.25, 0.3) is 0 Å². The molecule has 0 spiro atoms. The zero-order chi connectivity index (χ0) is 19.0. The molecule has 1 aliphatic heterocycles. The third-order valence-electron chi connectivity index (χ3n) is 5.60. The molecule has 140 valence electrons.